The molecule has 0 aliphatic carbocycles. The molecule has 0 aromatic carbocycles. The van der Waals surface area contributed by atoms with Crippen molar-refractivity contribution in [2.75, 3.05) is 0 Å². The number of hydrogen-bond acceptors (Lipinski definition) is 4. The molecular weight excluding hydrogens is 182 g/mol. The summed E-state index contributed by atoms with van der Waals surface area (Å²) in [4.78, 5) is 15.4. The molecule has 0 heterocycles. The van der Waals surface area contributed by atoms with E-state index >= 15 is 0 Å². The first-order chi connectivity index (χ1) is 3.71. The molecule has 0 amide bonds. The molecule has 7 nitrogen and oxygen atoms in total. The van der Waals surface area contributed by atoms with Gasteiger partial charge in [-0.2, -0.15) is 8.42 Å². The topological polar surface area (TPSA) is 121 Å². The molecule has 0 atom stereocenters. The molecule has 0 aromatic heterocycles. The molecule has 0 saturated carbocycles. The van der Waals surface area contributed by atoms with Crippen LogP contribution >= 0.6 is 7.82 Å². The second-order valence-electron chi connectivity index (χ2n) is 0.993. The molecule has 0 radical (unpaired) electrons. The van der Waals surface area contributed by atoms with Gasteiger partial charge in [-0.15, -0.1) is 3.97 Å². The van der Waals surface area contributed by atoms with Crippen LogP contribution in [-0.4, -0.2) is 41.6 Å². The van der Waals surface area contributed by atoms with Crippen molar-refractivity contribution in [1.82, 2.24) is 0 Å². The summed E-state index contributed by atoms with van der Waals surface area (Å²) in [5.74, 6) is 0. The predicted molar refractivity (Wildman–Crippen MR) is 31.8 cm³/mol. The average molecular weight is 186 g/mol. The monoisotopic (exact) mass is 186 g/mol. The molecule has 0 aliphatic rings. The third-order valence-electron chi connectivity index (χ3n) is 0.191. The molecule has 0 aromatic rings. The predicted octanol–water partition coefficient (Wildman–Crippen LogP) is -1.75. The summed E-state index contributed by atoms with van der Waals surface area (Å²) in [6, 6.07) is 0. The second-order valence-corrected chi connectivity index (χ2v) is 3.43. The normalized spacial score (nSPS) is 12.3. The Kier molecular flexibility index (Phi) is 5.09. The molecular formula is H4LiO7PS. The first-order valence-electron chi connectivity index (χ1n) is 1.45. The van der Waals surface area contributed by atoms with E-state index in [0.29, 0.717) is 0 Å². The van der Waals surface area contributed by atoms with Crippen LogP contribution in [0.15, 0.2) is 0 Å². The van der Waals surface area contributed by atoms with Crippen LogP contribution in [0.1, 0.15) is 0 Å². The Morgan fingerprint density at radius 1 is 1.30 bits per heavy atom. The molecule has 3 N–H and O–H groups in total. The van der Waals surface area contributed by atoms with Crippen molar-refractivity contribution < 1.29 is 31.3 Å². The van der Waals surface area contributed by atoms with Crippen LogP contribution in [0.4, 0.5) is 0 Å². The molecule has 0 spiro atoms. The zero-order valence-corrected chi connectivity index (χ0v) is 5.54. The van der Waals surface area contributed by atoms with Crippen molar-refractivity contribution in [2.24, 2.45) is 0 Å². The Morgan fingerprint density at radius 3 is 1.60 bits per heavy atom. The van der Waals surface area contributed by atoms with E-state index in [4.69, 9.17) is 14.3 Å². The van der Waals surface area contributed by atoms with E-state index in [1.807, 2.05) is 0 Å². The fourth-order valence-electron chi connectivity index (χ4n) is 0.123. The van der Waals surface area contributed by atoms with E-state index in [9.17, 15) is 13.0 Å². The fraction of sp³-hybridized carbons (Fsp3) is 0. The molecule has 0 fully saturated rings. The number of rotatable bonds is 2. The van der Waals surface area contributed by atoms with Gasteiger partial charge in [-0.1, -0.05) is 0 Å². The zero-order valence-electron chi connectivity index (χ0n) is 3.83. The van der Waals surface area contributed by atoms with Gasteiger partial charge in [0.05, 0.1) is 0 Å². The first-order valence-corrected chi connectivity index (χ1v) is 4.34. The van der Waals surface area contributed by atoms with Gasteiger partial charge in [0.2, 0.25) is 0 Å². The van der Waals surface area contributed by atoms with Gasteiger partial charge in [0.1, 0.15) is 0 Å². The summed E-state index contributed by atoms with van der Waals surface area (Å²) >= 11 is 0. The van der Waals surface area contributed by atoms with Crippen LogP contribution < -0.4 is 0 Å². The van der Waals surface area contributed by atoms with Crippen molar-refractivity contribution in [3.05, 3.63) is 0 Å². The Bertz CT molecular complexity index is 220. The Labute approximate surface area is 68.8 Å². The quantitative estimate of drug-likeness (QED) is 0.265. The molecule has 0 bridgehead atoms. The molecule has 0 rings (SSSR count). The molecule has 0 saturated heterocycles. The third kappa shape index (κ3) is 11.4. The van der Waals surface area contributed by atoms with E-state index in [1.165, 1.54) is 0 Å². The molecule has 10 heteroatoms. The van der Waals surface area contributed by atoms with Crippen molar-refractivity contribution in [3.63, 3.8) is 0 Å². The van der Waals surface area contributed by atoms with E-state index in [1.54, 1.807) is 0 Å². The van der Waals surface area contributed by atoms with Crippen LogP contribution in [0, 0.1) is 0 Å². The van der Waals surface area contributed by atoms with Crippen molar-refractivity contribution in [1.29, 1.82) is 0 Å². The molecule has 10 heavy (non-hydrogen) atoms. The van der Waals surface area contributed by atoms with Crippen molar-refractivity contribution in [3.8, 4) is 0 Å². The minimum atomic E-state index is -5.13. The zero-order chi connectivity index (χ0) is 7.71. The van der Waals surface area contributed by atoms with Crippen LogP contribution in [0.2, 0.25) is 0 Å². The standard InChI is InChI=1S/Li.H3O7PS.H/c;1-8(2,3)7-9(4,5)6;/h;(H2,1,2,3)(H,4,5,6);. The van der Waals surface area contributed by atoms with Gasteiger partial charge in [0.15, 0.2) is 0 Å². The second kappa shape index (κ2) is 3.85. The summed E-state index contributed by atoms with van der Waals surface area (Å²) in [5, 5.41) is 0. The summed E-state index contributed by atoms with van der Waals surface area (Å²) in [6.45, 7) is 0. The minimum absolute atomic E-state index is 0. The van der Waals surface area contributed by atoms with Gasteiger partial charge in [0, 0.05) is 0 Å². The summed E-state index contributed by atoms with van der Waals surface area (Å²) in [5.41, 5.74) is 0. The summed E-state index contributed by atoms with van der Waals surface area (Å²) < 4.78 is 39.0. The number of phosphoric acid groups is 1. The Hall–Kier alpha value is 0.617. The third-order valence-corrected chi connectivity index (χ3v) is 1.72. The summed E-state index contributed by atoms with van der Waals surface area (Å²) in [6.07, 6.45) is 0. The summed E-state index contributed by atoms with van der Waals surface area (Å²) in [7, 11) is -10.2. The fourth-order valence-corrected chi connectivity index (χ4v) is 1.10. The first kappa shape index (κ1) is 13.2. The van der Waals surface area contributed by atoms with E-state index < -0.39 is 18.2 Å². The van der Waals surface area contributed by atoms with Gasteiger partial charge in [-0.3, -0.25) is 4.55 Å². The van der Waals surface area contributed by atoms with Crippen LogP contribution in [0.25, 0.3) is 0 Å². The SMILES string of the molecule is O=P(O)(O)OS(=O)(=O)O.[LiH]. The van der Waals surface area contributed by atoms with Crippen molar-refractivity contribution >= 4 is 37.1 Å². The molecule has 58 valence electrons. The molecule has 0 unspecified atom stereocenters. The number of hydrogen-bond donors (Lipinski definition) is 3. The van der Waals surface area contributed by atoms with Gasteiger partial charge < -0.3 is 9.79 Å². The van der Waals surface area contributed by atoms with Crippen molar-refractivity contribution in [2.45, 2.75) is 0 Å². The Balaban J connectivity index is 0. The van der Waals surface area contributed by atoms with Crippen LogP contribution in [-0.2, 0) is 18.9 Å². The van der Waals surface area contributed by atoms with Gasteiger partial charge in [-0.25, -0.2) is 4.57 Å². The van der Waals surface area contributed by atoms with Gasteiger partial charge in [0.25, 0.3) is 0 Å². The maximum atomic E-state index is 9.58. The maximum absolute atomic E-state index is 9.58. The average Bonchev–Trinajstić information content (AvgIpc) is 1.14. The van der Waals surface area contributed by atoms with Gasteiger partial charge in [-0.05, 0) is 0 Å². The van der Waals surface area contributed by atoms with Crippen LogP contribution in [0.3, 0.4) is 0 Å². The molecule has 0 aliphatic heterocycles. The van der Waals surface area contributed by atoms with Crippen LogP contribution in [0.5, 0.6) is 0 Å². The van der Waals surface area contributed by atoms with E-state index in [0.717, 1.165) is 0 Å². The Morgan fingerprint density at radius 2 is 1.60 bits per heavy atom. The van der Waals surface area contributed by atoms with Gasteiger partial charge >= 0.3 is 37.1 Å². The van der Waals surface area contributed by atoms with E-state index in [2.05, 4.69) is 3.97 Å². The van der Waals surface area contributed by atoms with E-state index in [-0.39, 0.29) is 18.9 Å².